The van der Waals surface area contributed by atoms with E-state index in [0.29, 0.717) is 12.4 Å². The van der Waals surface area contributed by atoms with E-state index in [-0.39, 0.29) is 6.04 Å². The van der Waals surface area contributed by atoms with Gasteiger partial charge in [0.25, 0.3) is 5.85 Å². The molecule has 1 saturated heterocycles. The van der Waals surface area contributed by atoms with Crippen molar-refractivity contribution in [1.82, 2.24) is 24.6 Å². The maximum Gasteiger partial charge on any atom is 0.263 e. The lowest BCUT2D eigenvalue weighted by Gasteiger charge is -2.32. The van der Waals surface area contributed by atoms with Crippen LogP contribution in [0.3, 0.4) is 0 Å². The van der Waals surface area contributed by atoms with Gasteiger partial charge in [-0.25, -0.2) is 14.6 Å². The summed E-state index contributed by atoms with van der Waals surface area (Å²) in [6, 6.07) is 12.3. The molecule has 0 radical (unpaired) electrons. The van der Waals surface area contributed by atoms with E-state index in [9.17, 15) is 0 Å². The number of methoxy groups -OCH3 is 1. The van der Waals surface area contributed by atoms with Gasteiger partial charge in [-0.2, -0.15) is 5.10 Å². The molecule has 2 unspecified atom stereocenters. The van der Waals surface area contributed by atoms with E-state index < -0.39 is 5.85 Å². The van der Waals surface area contributed by atoms with Crippen molar-refractivity contribution in [2.75, 3.05) is 44.4 Å². The summed E-state index contributed by atoms with van der Waals surface area (Å²) in [4.78, 5) is 11.3. The molecular weight excluding hydrogens is 480 g/mol. The van der Waals surface area contributed by atoms with Gasteiger partial charge in [-0.15, -0.1) is 0 Å². The van der Waals surface area contributed by atoms with Crippen molar-refractivity contribution in [2.45, 2.75) is 38.6 Å². The van der Waals surface area contributed by atoms with E-state index in [2.05, 4.69) is 39.2 Å². The van der Waals surface area contributed by atoms with Crippen molar-refractivity contribution in [3.63, 3.8) is 0 Å². The van der Waals surface area contributed by atoms with Crippen molar-refractivity contribution in [3.8, 4) is 17.0 Å². The van der Waals surface area contributed by atoms with E-state index in [1.165, 1.54) is 6.33 Å². The Kier molecular flexibility index (Phi) is 6.17. The molecule has 2 aliphatic heterocycles. The highest BCUT2D eigenvalue weighted by Crippen LogP contribution is 2.42. The molecule has 0 bridgehead atoms. The van der Waals surface area contributed by atoms with Crippen molar-refractivity contribution in [1.29, 1.82) is 0 Å². The number of piperidine rings is 1. The average molecular weight is 515 g/mol. The maximum atomic E-state index is 6.70. The summed E-state index contributed by atoms with van der Waals surface area (Å²) in [6.07, 6.45) is 3.63. The molecule has 2 atom stereocenters. The molecule has 4 heterocycles. The number of nitrogens with two attached hydrogens (primary N) is 2. The highest BCUT2D eigenvalue weighted by Gasteiger charge is 2.38. The molecule has 10 heteroatoms. The van der Waals surface area contributed by atoms with Crippen LogP contribution in [-0.4, -0.2) is 58.0 Å². The van der Waals surface area contributed by atoms with E-state index >= 15 is 0 Å². The van der Waals surface area contributed by atoms with Gasteiger partial charge in [-0.1, -0.05) is 30.3 Å². The number of aryl methyl sites for hydroxylation is 2. The van der Waals surface area contributed by atoms with Gasteiger partial charge in [-0.05, 0) is 50.4 Å². The number of hydrogen-bond acceptors (Lipinski definition) is 9. The minimum atomic E-state index is -1.16. The molecule has 6 rings (SSSR count). The molecule has 4 aromatic rings. The van der Waals surface area contributed by atoms with Crippen LogP contribution in [0.4, 0.5) is 11.5 Å². The van der Waals surface area contributed by atoms with Crippen LogP contribution in [0.25, 0.3) is 22.3 Å². The molecule has 198 valence electrons. The fourth-order valence-electron chi connectivity index (χ4n) is 5.68. The predicted molar refractivity (Wildman–Crippen MR) is 148 cm³/mol. The zero-order chi connectivity index (χ0) is 26.4. The van der Waals surface area contributed by atoms with Gasteiger partial charge in [0.05, 0.1) is 23.7 Å². The van der Waals surface area contributed by atoms with Gasteiger partial charge in [0, 0.05) is 31.3 Å². The summed E-state index contributed by atoms with van der Waals surface area (Å²) >= 11 is 0. The zero-order valence-corrected chi connectivity index (χ0v) is 22.1. The van der Waals surface area contributed by atoms with Crippen molar-refractivity contribution in [3.05, 3.63) is 59.4 Å². The molecule has 2 aliphatic rings. The van der Waals surface area contributed by atoms with E-state index in [1.807, 2.05) is 35.9 Å². The smallest absolute Gasteiger partial charge is 0.263 e. The summed E-state index contributed by atoms with van der Waals surface area (Å²) in [7, 11) is 1.74. The second-order valence-electron chi connectivity index (χ2n) is 10.3. The number of aromatic nitrogens is 4. The fraction of sp³-hybridized carbons (Fsp3) is 0.393. The van der Waals surface area contributed by atoms with Gasteiger partial charge in [0.1, 0.15) is 17.8 Å². The number of hydrogen-bond donors (Lipinski definition) is 3. The van der Waals surface area contributed by atoms with Crippen LogP contribution in [0.15, 0.2) is 42.7 Å². The quantitative estimate of drug-likeness (QED) is 0.354. The van der Waals surface area contributed by atoms with Crippen LogP contribution in [0.2, 0.25) is 0 Å². The number of nitrogen functional groups attached to an aromatic ring is 1. The summed E-state index contributed by atoms with van der Waals surface area (Å²) in [5.41, 5.74) is 19.4. The van der Waals surface area contributed by atoms with Gasteiger partial charge < -0.3 is 20.5 Å². The standard InChI is InChI=1S/C28H34N8O2/c1-17-13-18(2)25-22(14-17)33-28(30,38-25)20-8-6-19(7-9-20)24-23-26(29)31-16-32-27(23)36(34-24)21-5-4-10-35(15-21)11-12-37-3/h6-9,13-14,16,21,33H,4-5,10-12,15,30H2,1-3H3,(H2,29,31,32). The van der Waals surface area contributed by atoms with Crippen LogP contribution in [0.1, 0.15) is 35.6 Å². The number of nitrogens with zero attached hydrogens (tertiary/aromatic N) is 5. The van der Waals surface area contributed by atoms with Crippen molar-refractivity contribution >= 4 is 22.5 Å². The maximum absolute atomic E-state index is 6.70. The van der Waals surface area contributed by atoms with E-state index in [4.69, 9.17) is 26.0 Å². The van der Waals surface area contributed by atoms with Gasteiger partial charge in [0.15, 0.2) is 11.4 Å². The Labute approximate surface area is 221 Å². The Morgan fingerprint density at radius 3 is 2.79 bits per heavy atom. The van der Waals surface area contributed by atoms with Crippen molar-refractivity contribution < 1.29 is 9.47 Å². The predicted octanol–water partition coefficient (Wildman–Crippen LogP) is 3.55. The molecule has 38 heavy (non-hydrogen) atoms. The lowest BCUT2D eigenvalue weighted by molar-refractivity contribution is 0.114. The minimum Gasteiger partial charge on any atom is -0.448 e. The molecular formula is C28H34N8O2. The molecule has 0 amide bonds. The molecule has 2 aromatic carbocycles. The Morgan fingerprint density at radius 2 is 2.00 bits per heavy atom. The van der Waals surface area contributed by atoms with E-state index in [1.54, 1.807) is 7.11 Å². The first-order valence-electron chi connectivity index (χ1n) is 13.0. The summed E-state index contributed by atoms with van der Waals surface area (Å²) in [5, 5.41) is 9.18. The second kappa shape index (κ2) is 9.54. The Bertz CT molecular complexity index is 1480. The monoisotopic (exact) mass is 514 g/mol. The number of likely N-dealkylation sites (tertiary alicyclic amines) is 1. The van der Waals surface area contributed by atoms with Crippen LogP contribution >= 0.6 is 0 Å². The van der Waals surface area contributed by atoms with Gasteiger partial charge in [-0.3, -0.25) is 10.6 Å². The third-order valence-corrected chi connectivity index (χ3v) is 7.55. The third kappa shape index (κ3) is 4.24. The highest BCUT2D eigenvalue weighted by atomic mass is 16.5. The summed E-state index contributed by atoms with van der Waals surface area (Å²) < 4.78 is 13.5. The Balaban J connectivity index is 1.33. The number of ether oxygens (including phenoxy) is 2. The fourth-order valence-corrected chi connectivity index (χ4v) is 5.68. The first kappa shape index (κ1) is 24.6. The zero-order valence-electron chi connectivity index (χ0n) is 22.1. The van der Waals surface area contributed by atoms with E-state index in [0.717, 1.165) is 82.9 Å². The topological polar surface area (TPSA) is 129 Å². The normalized spacial score (nSPS) is 21.3. The third-order valence-electron chi connectivity index (χ3n) is 7.55. The molecule has 5 N–H and O–H groups in total. The highest BCUT2D eigenvalue weighted by molar-refractivity contribution is 5.98. The first-order chi connectivity index (χ1) is 18.4. The van der Waals surface area contributed by atoms with Crippen LogP contribution in [0, 0.1) is 13.8 Å². The summed E-state index contributed by atoms with van der Waals surface area (Å²) in [5.74, 6) is 0.0464. The Morgan fingerprint density at radius 1 is 1.18 bits per heavy atom. The van der Waals surface area contributed by atoms with Crippen LogP contribution in [-0.2, 0) is 10.6 Å². The number of nitrogens with one attached hydrogen (secondary N) is 1. The summed E-state index contributed by atoms with van der Waals surface area (Å²) in [6.45, 7) is 7.65. The first-order valence-corrected chi connectivity index (χ1v) is 13.0. The van der Waals surface area contributed by atoms with Crippen LogP contribution in [0.5, 0.6) is 5.75 Å². The number of benzene rings is 2. The van der Waals surface area contributed by atoms with Gasteiger partial charge in [0.2, 0.25) is 0 Å². The average Bonchev–Trinajstić information content (AvgIpc) is 3.47. The molecule has 0 aliphatic carbocycles. The molecule has 2 aromatic heterocycles. The number of fused-ring (bicyclic) bond motifs is 2. The van der Waals surface area contributed by atoms with Crippen LogP contribution < -0.4 is 21.5 Å². The second-order valence-corrected chi connectivity index (χ2v) is 10.3. The van der Waals surface area contributed by atoms with Crippen molar-refractivity contribution in [2.24, 2.45) is 5.73 Å². The lowest BCUT2D eigenvalue weighted by atomic mass is 10.0. The number of rotatable bonds is 6. The molecule has 0 saturated carbocycles. The molecule has 10 nitrogen and oxygen atoms in total. The Hall–Kier alpha value is -3.73. The number of anilines is 2. The molecule has 0 spiro atoms. The lowest BCUT2D eigenvalue weighted by Crippen LogP contribution is -2.46. The SMILES string of the molecule is COCCN1CCCC(n2nc(-c3ccc(C4(N)Nc5cc(C)cc(C)c5O4)cc3)c3c(N)ncnc32)C1. The largest absolute Gasteiger partial charge is 0.448 e. The van der Waals surface area contributed by atoms with Gasteiger partial charge >= 0.3 is 0 Å². The minimum absolute atomic E-state index is 0.194. The molecule has 1 fully saturated rings.